The number of aromatic carboxylic acids is 1. The molecule has 2 aromatic rings. The largest absolute Gasteiger partial charge is 0.478 e. The van der Waals surface area contributed by atoms with Crippen LogP contribution in [0.1, 0.15) is 45.0 Å². The van der Waals surface area contributed by atoms with Crippen molar-refractivity contribution in [2.45, 2.75) is 18.8 Å². The van der Waals surface area contributed by atoms with Crippen molar-refractivity contribution in [2.24, 2.45) is 7.05 Å². The first-order valence-corrected chi connectivity index (χ1v) is 8.25. The molecule has 1 atom stereocenters. The molecule has 130 valence electrons. The average molecular weight is 340 g/mol. The summed E-state index contributed by atoms with van der Waals surface area (Å²) >= 11 is 0. The Labute approximate surface area is 145 Å². The summed E-state index contributed by atoms with van der Waals surface area (Å²) in [6, 6.07) is 9.86. The highest BCUT2D eigenvalue weighted by Crippen LogP contribution is 2.28. The number of likely N-dealkylation sites (tertiary alicyclic amines) is 1. The van der Waals surface area contributed by atoms with Crippen LogP contribution in [0.5, 0.6) is 0 Å². The van der Waals surface area contributed by atoms with E-state index in [1.807, 2.05) is 6.07 Å². The van der Waals surface area contributed by atoms with Gasteiger partial charge < -0.3 is 14.6 Å². The lowest BCUT2D eigenvalue weighted by molar-refractivity contribution is 0.0687. The van der Waals surface area contributed by atoms with Crippen molar-refractivity contribution in [3.63, 3.8) is 0 Å². The topological polar surface area (TPSA) is 79.6 Å². The molecule has 0 saturated carbocycles. The van der Waals surface area contributed by atoms with E-state index in [0.717, 1.165) is 18.4 Å². The number of aryl methyl sites for hydroxylation is 1. The molecule has 25 heavy (non-hydrogen) atoms. The predicted molar refractivity (Wildman–Crippen MR) is 93.0 cm³/mol. The van der Waals surface area contributed by atoms with Crippen LogP contribution in [0.25, 0.3) is 0 Å². The van der Waals surface area contributed by atoms with E-state index in [1.165, 1.54) is 10.6 Å². The zero-order valence-electron chi connectivity index (χ0n) is 14.0. The van der Waals surface area contributed by atoms with Crippen LogP contribution in [0.3, 0.4) is 0 Å². The van der Waals surface area contributed by atoms with Gasteiger partial charge in [-0.3, -0.25) is 9.59 Å². The molecule has 0 radical (unpaired) electrons. The summed E-state index contributed by atoms with van der Waals surface area (Å²) in [6.45, 7) is 1.21. The Morgan fingerprint density at radius 2 is 1.96 bits per heavy atom. The molecular weight excluding hydrogens is 320 g/mol. The molecule has 3 rings (SSSR count). The van der Waals surface area contributed by atoms with E-state index in [4.69, 9.17) is 5.11 Å². The molecule has 0 aliphatic carbocycles. The smallest absolute Gasteiger partial charge is 0.335 e. The zero-order chi connectivity index (χ0) is 18.0. The van der Waals surface area contributed by atoms with Gasteiger partial charge in [0.1, 0.15) is 0 Å². The average Bonchev–Trinajstić information content (AvgIpc) is 2.63. The first-order valence-electron chi connectivity index (χ1n) is 8.25. The number of amides is 1. The van der Waals surface area contributed by atoms with Gasteiger partial charge in [0.25, 0.3) is 5.91 Å². The number of nitrogens with zero attached hydrogens (tertiary/aromatic N) is 2. The minimum absolute atomic E-state index is 0.102. The molecule has 0 bridgehead atoms. The second kappa shape index (κ2) is 6.93. The molecule has 0 spiro atoms. The number of carbonyl (C=O) groups is 2. The number of hydrogen-bond donors (Lipinski definition) is 1. The Hall–Kier alpha value is -2.89. The normalized spacial score (nSPS) is 17.3. The number of hydrogen-bond acceptors (Lipinski definition) is 3. The molecule has 1 saturated heterocycles. The van der Waals surface area contributed by atoms with E-state index in [2.05, 4.69) is 0 Å². The van der Waals surface area contributed by atoms with Crippen molar-refractivity contribution in [3.8, 4) is 0 Å². The number of carbonyl (C=O) groups excluding carboxylic acids is 1. The van der Waals surface area contributed by atoms with Crippen LogP contribution in [0.15, 0.2) is 47.4 Å². The van der Waals surface area contributed by atoms with Gasteiger partial charge >= 0.3 is 5.97 Å². The highest BCUT2D eigenvalue weighted by Gasteiger charge is 2.26. The minimum Gasteiger partial charge on any atom is -0.478 e. The van der Waals surface area contributed by atoms with Gasteiger partial charge in [0, 0.05) is 38.3 Å². The maximum absolute atomic E-state index is 12.7. The Morgan fingerprint density at radius 3 is 2.68 bits per heavy atom. The van der Waals surface area contributed by atoms with Gasteiger partial charge in [-0.15, -0.1) is 0 Å². The Kier molecular flexibility index (Phi) is 4.70. The molecule has 1 aliphatic rings. The molecule has 1 fully saturated rings. The minimum atomic E-state index is -0.948. The molecule has 6 nitrogen and oxygen atoms in total. The molecule has 0 unspecified atom stereocenters. The van der Waals surface area contributed by atoms with E-state index in [-0.39, 0.29) is 22.9 Å². The van der Waals surface area contributed by atoms with Crippen molar-refractivity contribution >= 4 is 11.9 Å². The summed E-state index contributed by atoms with van der Waals surface area (Å²) < 4.78 is 1.39. The number of aromatic nitrogens is 1. The van der Waals surface area contributed by atoms with E-state index < -0.39 is 5.97 Å². The van der Waals surface area contributed by atoms with E-state index >= 15 is 0 Å². The fourth-order valence-corrected chi connectivity index (χ4v) is 3.26. The van der Waals surface area contributed by atoms with Gasteiger partial charge in [-0.2, -0.15) is 0 Å². The fourth-order valence-electron chi connectivity index (χ4n) is 3.26. The van der Waals surface area contributed by atoms with Crippen LogP contribution in [0.2, 0.25) is 0 Å². The standard InChI is InChI=1S/C19H20N2O4/c1-20-11-16(7-8-17(20)22)18(23)21-9-3-6-15(12-21)13-4-2-5-14(10-13)19(24)25/h2,4-5,7-8,10-11,15H,3,6,9,12H2,1H3,(H,24,25)/t15-/m0/s1. The number of benzene rings is 1. The van der Waals surface area contributed by atoms with Crippen LogP contribution in [-0.4, -0.2) is 39.5 Å². The highest BCUT2D eigenvalue weighted by atomic mass is 16.4. The molecule has 1 amide bonds. The lowest BCUT2D eigenvalue weighted by Crippen LogP contribution is -2.39. The van der Waals surface area contributed by atoms with Gasteiger partial charge in [0.2, 0.25) is 5.56 Å². The Morgan fingerprint density at radius 1 is 1.16 bits per heavy atom. The lowest BCUT2D eigenvalue weighted by Gasteiger charge is -2.33. The SMILES string of the molecule is Cn1cc(C(=O)N2CCC[C@H](c3cccc(C(=O)O)c3)C2)ccc1=O. The number of pyridine rings is 1. The summed E-state index contributed by atoms with van der Waals surface area (Å²) in [4.78, 5) is 37.2. The molecule has 1 N–H and O–H groups in total. The van der Waals surface area contributed by atoms with Crippen LogP contribution in [0.4, 0.5) is 0 Å². The summed E-state index contributed by atoms with van der Waals surface area (Å²) in [5, 5.41) is 9.15. The van der Waals surface area contributed by atoms with Crippen molar-refractivity contribution in [2.75, 3.05) is 13.1 Å². The molecule has 1 aliphatic heterocycles. The quantitative estimate of drug-likeness (QED) is 0.928. The number of rotatable bonds is 3. The lowest BCUT2D eigenvalue weighted by atomic mass is 9.89. The van der Waals surface area contributed by atoms with Crippen LogP contribution >= 0.6 is 0 Å². The van der Waals surface area contributed by atoms with Crippen LogP contribution < -0.4 is 5.56 Å². The summed E-state index contributed by atoms with van der Waals surface area (Å²) in [6.07, 6.45) is 3.33. The molecule has 6 heteroatoms. The van der Waals surface area contributed by atoms with Gasteiger partial charge in [-0.25, -0.2) is 4.79 Å². The first kappa shape index (κ1) is 17.0. The monoisotopic (exact) mass is 340 g/mol. The maximum Gasteiger partial charge on any atom is 0.335 e. The second-order valence-corrected chi connectivity index (χ2v) is 6.39. The third-order valence-electron chi connectivity index (χ3n) is 4.65. The predicted octanol–water partition coefficient (Wildman–Crippen LogP) is 2.10. The van der Waals surface area contributed by atoms with E-state index in [9.17, 15) is 14.4 Å². The van der Waals surface area contributed by atoms with Gasteiger partial charge in [-0.1, -0.05) is 12.1 Å². The van der Waals surface area contributed by atoms with Crippen molar-refractivity contribution < 1.29 is 14.7 Å². The first-order chi connectivity index (χ1) is 12.0. The van der Waals surface area contributed by atoms with Gasteiger partial charge in [-0.05, 0) is 36.6 Å². The highest BCUT2D eigenvalue weighted by molar-refractivity contribution is 5.94. The Balaban J connectivity index is 1.79. The number of carboxylic acids is 1. The van der Waals surface area contributed by atoms with Gasteiger partial charge in [0.15, 0.2) is 0 Å². The zero-order valence-corrected chi connectivity index (χ0v) is 14.0. The van der Waals surface area contributed by atoms with Crippen molar-refractivity contribution in [1.82, 2.24) is 9.47 Å². The summed E-state index contributed by atoms with van der Waals surface area (Å²) in [5.41, 5.74) is 1.54. The number of piperidine rings is 1. The maximum atomic E-state index is 12.7. The van der Waals surface area contributed by atoms with Crippen LogP contribution in [-0.2, 0) is 7.05 Å². The van der Waals surface area contributed by atoms with E-state index in [0.29, 0.717) is 18.7 Å². The van der Waals surface area contributed by atoms with E-state index in [1.54, 1.807) is 42.4 Å². The molecular formula is C19H20N2O4. The van der Waals surface area contributed by atoms with Crippen molar-refractivity contribution in [1.29, 1.82) is 0 Å². The molecule has 2 heterocycles. The van der Waals surface area contributed by atoms with Crippen molar-refractivity contribution in [3.05, 3.63) is 69.6 Å². The third-order valence-corrected chi connectivity index (χ3v) is 4.65. The molecule has 1 aromatic heterocycles. The summed E-state index contributed by atoms with van der Waals surface area (Å²) in [5.74, 6) is -0.935. The molecule has 1 aromatic carbocycles. The number of carboxylic acid groups (broad SMARTS) is 1. The third kappa shape index (κ3) is 3.63. The second-order valence-electron chi connectivity index (χ2n) is 6.39. The van der Waals surface area contributed by atoms with Crippen LogP contribution in [0, 0.1) is 0 Å². The fraction of sp³-hybridized carbons (Fsp3) is 0.316. The van der Waals surface area contributed by atoms with Gasteiger partial charge in [0.05, 0.1) is 11.1 Å². The Bertz CT molecular complexity index is 872. The summed E-state index contributed by atoms with van der Waals surface area (Å²) in [7, 11) is 1.62.